The van der Waals surface area contributed by atoms with Crippen molar-refractivity contribution in [3.8, 4) is 0 Å². The molecule has 2 aromatic rings. The van der Waals surface area contributed by atoms with Crippen LogP contribution >= 0.6 is 11.6 Å². The molecule has 0 unspecified atom stereocenters. The van der Waals surface area contributed by atoms with Crippen molar-refractivity contribution in [3.05, 3.63) is 64.7 Å². The first-order chi connectivity index (χ1) is 10.1. The van der Waals surface area contributed by atoms with E-state index in [-0.39, 0.29) is 11.9 Å². The maximum Gasteiger partial charge on any atom is 0.221 e. The smallest absolute Gasteiger partial charge is 0.221 e. The summed E-state index contributed by atoms with van der Waals surface area (Å²) >= 11 is 6.19. The Labute approximate surface area is 130 Å². The predicted molar refractivity (Wildman–Crippen MR) is 87.5 cm³/mol. The van der Waals surface area contributed by atoms with Crippen molar-refractivity contribution in [1.82, 2.24) is 5.32 Å². The molecule has 0 aromatic heterocycles. The molecule has 0 saturated carbocycles. The van der Waals surface area contributed by atoms with Crippen LogP contribution in [0.1, 0.15) is 31.0 Å². The van der Waals surface area contributed by atoms with E-state index in [1.54, 1.807) is 0 Å². The topological polar surface area (TPSA) is 41.1 Å². The second kappa shape index (κ2) is 7.25. The van der Waals surface area contributed by atoms with Gasteiger partial charge in [0.15, 0.2) is 0 Å². The van der Waals surface area contributed by atoms with Crippen LogP contribution in [0.2, 0.25) is 5.02 Å². The fourth-order valence-electron chi connectivity index (χ4n) is 2.12. The van der Waals surface area contributed by atoms with Gasteiger partial charge in [-0.1, -0.05) is 41.9 Å². The molecule has 0 radical (unpaired) electrons. The van der Waals surface area contributed by atoms with Crippen LogP contribution < -0.4 is 10.6 Å². The van der Waals surface area contributed by atoms with E-state index in [1.807, 2.05) is 48.5 Å². The Bertz CT molecular complexity index is 610. The Balaban J connectivity index is 1.94. The van der Waals surface area contributed by atoms with Gasteiger partial charge in [0.2, 0.25) is 5.91 Å². The van der Waals surface area contributed by atoms with Gasteiger partial charge in [-0.3, -0.25) is 4.79 Å². The van der Waals surface area contributed by atoms with Crippen LogP contribution in [0.5, 0.6) is 0 Å². The standard InChI is InChI=1S/C17H19ClN2O/c1-12(16-5-3-4-6-17(16)18)19-11-14-7-9-15(10-8-14)20-13(2)21/h3-10,12,19H,11H2,1-2H3,(H,20,21)/t12-/m1/s1. The molecule has 0 aliphatic carbocycles. The van der Waals surface area contributed by atoms with Crippen molar-refractivity contribution in [2.45, 2.75) is 26.4 Å². The van der Waals surface area contributed by atoms with E-state index in [4.69, 9.17) is 11.6 Å². The van der Waals surface area contributed by atoms with Gasteiger partial charge in [0.05, 0.1) is 0 Å². The SMILES string of the molecule is CC(=O)Nc1ccc(CN[C@H](C)c2ccccc2Cl)cc1. The van der Waals surface area contributed by atoms with Crippen molar-refractivity contribution in [2.24, 2.45) is 0 Å². The fourth-order valence-corrected chi connectivity index (χ4v) is 2.42. The van der Waals surface area contributed by atoms with Gasteiger partial charge < -0.3 is 10.6 Å². The number of nitrogens with one attached hydrogen (secondary N) is 2. The first-order valence-electron chi connectivity index (χ1n) is 6.90. The number of halogens is 1. The molecule has 2 aromatic carbocycles. The van der Waals surface area contributed by atoms with Crippen LogP contribution in [0, 0.1) is 0 Å². The maximum absolute atomic E-state index is 11.0. The summed E-state index contributed by atoms with van der Waals surface area (Å²) < 4.78 is 0. The van der Waals surface area contributed by atoms with Gasteiger partial charge in [-0.15, -0.1) is 0 Å². The van der Waals surface area contributed by atoms with Crippen LogP contribution in [0.3, 0.4) is 0 Å². The fraction of sp³-hybridized carbons (Fsp3) is 0.235. The highest BCUT2D eigenvalue weighted by Gasteiger charge is 2.08. The van der Waals surface area contributed by atoms with Gasteiger partial charge in [-0.05, 0) is 36.2 Å². The molecule has 0 aliphatic rings. The average Bonchev–Trinajstić information content (AvgIpc) is 2.46. The van der Waals surface area contributed by atoms with Gasteiger partial charge in [-0.25, -0.2) is 0 Å². The summed E-state index contributed by atoms with van der Waals surface area (Å²) in [4.78, 5) is 11.0. The molecule has 2 rings (SSSR count). The molecule has 3 nitrogen and oxygen atoms in total. The third kappa shape index (κ3) is 4.59. The minimum atomic E-state index is -0.0618. The van der Waals surface area contributed by atoms with Crippen molar-refractivity contribution in [3.63, 3.8) is 0 Å². The number of hydrogen-bond donors (Lipinski definition) is 2. The first-order valence-corrected chi connectivity index (χ1v) is 7.28. The minimum absolute atomic E-state index is 0.0618. The Hall–Kier alpha value is -1.84. The number of benzene rings is 2. The highest BCUT2D eigenvalue weighted by molar-refractivity contribution is 6.31. The summed E-state index contributed by atoms with van der Waals surface area (Å²) in [5.41, 5.74) is 3.06. The quantitative estimate of drug-likeness (QED) is 0.871. The van der Waals surface area contributed by atoms with Gasteiger partial charge in [0.25, 0.3) is 0 Å². The van der Waals surface area contributed by atoms with Crippen LogP contribution in [-0.4, -0.2) is 5.91 Å². The molecule has 1 amide bonds. The number of hydrogen-bond acceptors (Lipinski definition) is 2. The van der Waals surface area contributed by atoms with E-state index in [0.29, 0.717) is 0 Å². The zero-order chi connectivity index (χ0) is 15.2. The van der Waals surface area contributed by atoms with E-state index < -0.39 is 0 Å². The number of amides is 1. The maximum atomic E-state index is 11.0. The Morgan fingerprint density at radius 2 is 1.81 bits per heavy atom. The Kier molecular flexibility index (Phi) is 5.37. The largest absolute Gasteiger partial charge is 0.326 e. The number of anilines is 1. The molecule has 0 bridgehead atoms. The molecule has 0 spiro atoms. The van der Waals surface area contributed by atoms with E-state index in [0.717, 1.165) is 28.4 Å². The summed E-state index contributed by atoms with van der Waals surface area (Å²) in [6.45, 7) is 4.33. The predicted octanol–water partition coefficient (Wildman–Crippen LogP) is 4.15. The Morgan fingerprint density at radius 3 is 2.43 bits per heavy atom. The molecular formula is C17H19ClN2O. The summed E-state index contributed by atoms with van der Waals surface area (Å²) in [5, 5.41) is 6.97. The van der Waals surface area contributed by atoms with Crippen molar-refractivity contribution in [1.29, 1.82) is 0 Å². The minimum Gasteiger partial charge on any atom is -0.326 e. The summed E-state index contributed by atoms with van der Waals surface area (Å²) in [6.07, 6.45) is 0. The lowest BCUT2D eigenvalue weighted by Crippen LogP contribution is -2.18. The molecule has 110 valence electrons. The van der Waals surface area contributed by atoms with E-state index >= 15 is 0 Å². The zero-order valence-electron chi connectivity index (χ0n) is 12.2. The molecule has 0 saturated heterocycles. The van der Waals surface area contributed by atoms with E-state index in [9.17, 15) is 4.79 Å². The lowest BCUT2D eigenvalue weighted by Gasteiger charge is -2.16. The van der Waals surface area contributed by atoms with Crippen LogP contribution in [0.4, 0.5) is 5.69 Å². The Morgan fingerprint density at radius 1 is 1.14 bits per heavy atom. The monoisotopic (exact) mass is 302 g/mol. The summed E-state index contributed by atoms with van der Waals surface area (Å²) in [5.74, 6) is -0.0618. The van der Waals surface area contributed by atoms with Gasteiger partial charge in [0, 0.05) is 30.2 Å². The second-order valence-corrected chi connectivity index (χ2v) is 5.41. The second-order valence-electron chi connectivity index (χ2n) is 5.00. The highest BCUT2D eigenvalue weighted by Crippen LogP contribution is 2.22. The van der Waals surface area contributed by atoms with E-state index in [1.165, 1.54) is 6.92 Å². The lowest BCUT2D eigenvalue weighted by atomic mass is 10.1. The van der Waals surface area contributed by atoms with E-state index in [2.05, 4.69) is 17.6 Å². The molecule has 21 heavy (non-hydrogen) atoms. The molecule has 0 heterocycles. The lowest BCUT2D eigenvalue weighted by molar-refractivity contribution is -0.114. The van der Waals surface area contributed by atoms with Crippen LogP contribution in [0.15, 0.2) is 48.5 Å². The molecular weight excluding hydrogens is 284 g/mol. The summed E-state index contributed by atoms with van der Waals surface area (Å²) in [7, 11) is 0. The third-order valence-electron chi connectivity index (χ3n) is 3.26. The molecule has 0 fully saturated rings. The van der Waals surface area contributed by atoms with Gasteiger partial charge >= 0.3 is 0 Å². The highest BCUT2D eigenvalue weighted by atomic mass is 35.5. The van der Waals surface area contributed by atoms with Crippen molar-refractivity contribution >= 4 is 23.2 Å². The van der Waals surface area contributed by atoms with Crippen LogP contribution in [-0.2, 0) is 11.3 Å². The molecule has 1 atom stereocenters. The van der Waals surface area contributed by atoms with Crippen molar-refractivity contribution in [2.75, 3.05) is 5.32 Å². The first kappa shape index (κ1) is 15.5. The van der Waals surface area contributed by atoms with Crippen molar-refractivity contribution < 1.29 is 4.79 Å². The van der Waals surface area contributed by atoms with Crippen LogP contribution in [0.25, 0.3) is 0 Å². The molecule has 0 aliphatic heterocycles. The van der Waals surface area contributed by atoms with Gasteiger partial charge in [-0.2, -0.15) is 0 Å². The average molecular weight is 303 g/mol. The summed E-state index contributed by atoms with van der Waals surface area (Å²) in [6, 6.07) is 15.8. The molecule has 4 heteroatoms. The number of rotatable bonds is 5. The normalized spacial score (nSPS) is 12.0. The van der Waals surface area contributed by atoms with Gasteiger partial charge in [0.1, 0.15) is 0 Å². The number of carbonyl (C=O) groups excluding carboxylic acids is 1. The molecule has 2 N–H and O–H groups in total. The third-order valence-corrected chi connectivity index (χ3v) is 3.60. The number of carbonyl (C=O) groups is 1. The zero-order valence-corrected chi connectivity index (χ0v) is 12.9.